The van der Waals surface area contributed by atoms with Gasteiger partial charge in [0.15, 0.2) is 0 Å². The lowest BCUT2D eigenvalue weighted by Gasteiger charge is -2.14. The first-order chi connectivity index (χ1) is 18.3. The molecule has 1 heterocycles. The molecule has 1 aromatic heterocycles. The maximum atomic E-state index is 12.8. The summed E-state index contributed by atoms with van der Waals surface area (Å²) in [5.41, 5.74) is 0.883. The molecule has 0 spiro atoms. The zero-order valence-corrected chi connectivity index (χ0v) is 22.2. The highest BCUT2D eigenvalue weighted by atomic mass is 35.5. The summed E-state index contributed by atoms with van der Waals surface area (Å²) in [6.45, 7) is -0.687. The van der Waals surface area contributed by atoms with Gasteiger partial charge in [-0.2, -0.15) is 13.2 Å². The fraction of sp³-hybridized carbons (Fsp3) is 0.375. The number of benzene rings is 2. The first-order valence-corrected chi connectivity index (χ1v) is 12.3. The van der Waals surface area contributed by atoms with Gasteiger partial charge in [-0.25, -0.2) is 13.8 Å². The molecule has 0 saturated heterocycles. The zero-order chi connectivity index (χ0) is 28.9. The summed E-state index contributed by atoms with van der Waals surface area (Å²) in [6, 6.07) is 5.58. The van der Waals surface area contributed by atoms with Crippen molar-refractivity contribution in [2.24, 2.45) is 7.05 Å². The molecule has 0 fully saturated rings. The molecule has 3 aromatic rings. The van der Waals surface area contributed by atoms with Crippen LogP contribution in [0, 0.1) is 0 Å². The molecule has 0 aliphatic heterocycles. The van der Waals surface area contributed by atoms with E-state index in [1.165, 1.54) is 10.6 Å². The number of nitrogens with one attached hydrogen (secondary N) is 3. The second kappa shape index (κ2) is 12.7. The van der Waals surface area contributed by atoms with Crippen molar-refractivity contribution in [1.82, 2.24) is 20.2 Å². The van der Waals surface area contributed by atoms with E-state index in [4.69, 9.17) is 27.9 Å². The van der Waals surface area contributed by atoms with Gasteiger partial charge in [0, 0.05) is 26.1 Å². The van der Waals surface area contributed by atoms with Crippen molar-refractivity contribution in [1.29, 1.82) is 0 Å². The third-order valence-corrected chi connectivity index (χ3v) is 6.15. The van der Waals surface area contributed by atoms with Crippen LogP contribution in [0.15, 0.2) is 24.3 Å². The second-order valence-corrected chi connectivity index (χ2v) is 9.16. The number of hydrogen-bond acceptors (Lipinski definition) is 5. The van der Waals surface area contributed by atoms with Gasteiger partial charge in [0.1, 0.15) is 18.9 Å². The lowest BCUT2D eigenvalue weighted by molar-refractivity contribution is -0.123. The topological polar surface area (TPSA) is 97.3 Å². The van der Waals surface area contributed by atoms with Gasteiger partial charge < -0.3 is 25.3 Å². The number of carbonyl (C=O) groups excluding carboxylic acids is 2. The van der Waals surface area contributed by atoms with E-state index in [9.17, 15) is 31.5 Å². The molecule has 0 unspecified atom stereocenters. The summed E-state index contributed by atoms with van der Waals surface area (Å²) in [4.78, 5) is 28.7. The van der Waals surface area contributed by atoms with E-state index in [2.05, 4.69) is 15.6 Å². The Hall–Kier alpha value is -3.32. The SMILES string of the molecule is CCCC(=O)NCc1ccc(Cl)c(Nc2nc3cc(C(=O)NCC(F)(F)F)c(OCC(F)F)cc3n2C)c1Cl. The Morgan fingerprint density at radius 1 is 1.15 bits per heavy atom. The van der Waals surface area contributed by atoms with E-state index < -0.39 is 37.2 Å². The van der Waals surface area contributed by atoms with Gasteiger partial charge >= 0.3 is 6.18 Å². The number of nitrogens with zero attached hydrogens (tertiary/aromatic N) is 2. The predicted molar refractivity (Wildman–Crippen MR) is 137 cm³/mol. The van der Waals surface area contributed by atoms with E-state index in [1.54, 1.807) is 24.5 Å². The molecule has 0 aliphatic carbocycles. The first kappa shape index (κ1) is 30.2. The number of aryl methyl sites for hydroxylation is 1. The Labute approximate surface area is 229 Å². The Balaban J connectivity index is 1.97. The third-order valence-electron chi connectivity index (χ3n) is 5.40. The van der Waals surface area contributed by atoms with Crippen molar-refractivity contribution in [3.8, 4) is 5.75 Å². The number of hydrogen-bond donors (Lipinski definition) is 3. The highest BCUT2D eigenvalue weighted by Crippen LogP contribution is 2.37. The summed E-state index contributed by atoms with van der Waals surface area (Å²) in [6.07, 6.45) is -6.54. The molecular weight excluding hydrogens is 572 g/mol. The Morgan fingerprint density at radius 2 is 1.87 bits per heavy atom. The molecule has 0 aliphatic rings. The second-order valence-electron chi connectivity index (χ2n) is 8.38. The number of aromatic nitrogens is 2. The van der Waals surface area contributed by atoms with Crippen LogP contribution in [-0.2, 0) is 18.4 Å². The van der Waals surface area contributed by atoms with Gasteiger partial charge in [0.05, 0.1) is 32.3 Å². The zero-order valence-electron chi connectivity index (χ0n) is 20.7. The number of alkyl halides is 5. The first-order valence-electron chi connectivity index (χ1n) is 11.6. The van der Waals surface area contributed by atoms with Crippen LogP contribution in [0.1, 0.15) is 35.7 Å². The highest BCUT2D eigenvalue weighted by molar-refractivity contribution is 6.39. The Morgan fingerprint density at radius 3 is 2.51 bits per heavy atom. The number of amides is 2. The molecule has 2 aromatic carbocycles. The Bertz CT molecular complexity index is 1360. The number of imidazole rings is 1. The summed E-state index contributed by atoms with van der Waals surface area (Å²) < 4.78 is 69.9. The van der Waals surface area contributed by atoms with Gasteiger partial charge in [-0.3, -0.25) is 9.59 Å². The molecule has 8 nitrogen and oxygen atoms in total. The number of rotatable bonds is 11. The molecule has 0 radical (unpaired) electrons. The summed E-state index contributed by atoms with van der Waals surface area (Å²) >= 11 is 12.9. The minimum Gasteiger partial charge on any atom is -0.487 e. The van der Waals surface area contributed by atoms with E-state index in [-0.39, 0.29) is 45.4 Å². The van der Waals surface area contributed by atoms with Gasteiger partial charge in [-0.05, 0) is 24.1 Å². The monoisotopic (exact) mass is 595 g/mol. The van der Waals surface area contributed by atoms with Crippen molar-refractivity contribution in [2.75, 3.05) is 18.5 Å². The molecule has 15 heteroatoms. The van der Waals surface area contributed by atoms with Crippen molar-refractivity contribution in [3.63, 3.8) is 0 Å². The number of halogens is 7. The fourth-order valence-electron chi connectivity index (χ4n) is 3.52. The number of ether oxygens (including phenoxy) is 1. The van der Waals surface area contributed by atoms with Gasteiger partial charge in [0.2, 0.25) is 11.9 Å². The largest absolute Gasteiger partial charge is 0.487 e. The molecule has 39 heavy (non-hydrogen) atoms. The number of fused-ring (bicyclic) bond motifs is 1. The maximum absolute atomic E-state index is 12.8. The van der Waals surface area contributed by atoms with E-state index >= 15 is 0 Å². The molecule has 0 saturated carbocycles. The van der Waals surface area contributed by atoms with Crippen LogP contribution in [-0.4, -0.2) is 47.1 Å². The minimum atomic E-state index is -4.68. The lowest BCUT2D eigenvalue weighted by atomic mass is 10.1. The molecule has 2 amide bonds. The Kier molecular flexibility index (Phi) is 9.83. The molecule has 3 rings (SSSR count). The van der Waals surface area contributed by atoms with Crippen LogP contribution >= 0.6 is 23.2 Å². The quantitative estimate of drug-likeness (QED) is 0.237. The van der Waals surface area contributed by atoms with Gasteiger partial charge in [0.25, 0.3) is 12.3 Å². The van der Waals surface area contributed by atoms with E-state index in [0.29, 0.717) is 23.9 Å². The van der Waals surface area contributed by atoms with E-state index in [1.807, 2.05) is 6.92 Å². The molecule has 0 atom stereocenters. The maximum Gasteiger partial charge on any atom is 0.405 e. The number of carbonyl (C=O) groups is 2. The van der Waals surface area contributed by atoms with E-state index in [0.717, 1.165) is 6.07 Å². The summed E-state index contributed by atoms with van der Waals surface area (Å²) in [7, 11) is 1.56. The van der Waals surface area contributed by atoms with Crippen LogP contribution < -0.4 is 20.7 Å². The average Bonchev–Trinajstić information content (AvgIpc) is 3.16. The predicted octanol–water partition coefficient (Wildman–Crippen LogP) is 5.98. The molecule has 0 bridgehead atoms. The molecular formula is C24H24Cl2F5N5O3. The average molecular weight is 596 g/mol. The number of anilines is 2. The van der Waals surface area contributed by atoms with Crippen molar-refractivity contribution in [3.05, 3.63) is 45.4 Å². The minimum absolute atomic E-state index is 0.145. The molecule has 3 N–H and O–H groups in total. The van der Waals surface area contributed by atoms with Crippen LogP contribution in [0.2, 0.25) is 10.0 Å². The van der Waals surface area contributed by atoms with Gasteiger partial charge in [-0.15, -0.1) is 0 Å². The molecule has 212 valence electrons. The standard InChI is InChI=1S/C24H24Cl2F5N5O3/c1-3-4-19(37)32-9-12-5-6-14(25)21(20(12)26)35-23-34-15-7-13(22(38)33-11-24(29,30)31)17(39-10-18(27)28)8-16(15)36(23)2/h5-8,18H,3-4,9-11H2,1-2H3,(H,32,37)(H,33,38)(H,34,35). The van der Waals surface area contributed by atoms with Gasteiger partial charge in [-0.1, -0.05) is 36.2 Å². The van der Waals surface area contributed by atoms with Crippen molar-refractivity contribution < 1.29 is 36.3 Å². The highest BCUT2D eigenvalue weighted by Gasteiger charge is 2.29. The smallest absolute Gasteiger partial charge is 0.405 e. The van der Waals surface area contributed by atoms with Crippen LogP contribution in [0.5, 0.6) is 5.75 Å². The summed E-state index contributed by atoms with van der Waals surface area (Å²) in [5.74, 6) is -1.51. The lowest BCUT2D eigenvalue weighted by Crippen LogP contribution is -2.34. The fourth-order valence-corrected chi connectivity index (χ4v) is 4.06. The van der Waals surface area contributed by atoms with Crippen LogP contribution in [0.4, 0.5) is 33.6 Å². The van der Waals surface area contributed by atoms with Crippen molar-refractivity contribution >= 4 is 57.7 Å². The normalized spacial score (nSPS) is 11.6. The summed E-state index contributed by atoms with van der Waals surface area (Å²) in [5, 5.41) is 7.86. The van der Waals surface area contributed by atoms with Crippen LogP contribution in [0.25, 0.3) is 11.0 Å². The third kappa shape index (κ3) is 7.85. The van der Waals surface area contributed by atoms with Crippen molar-refractivity contribution in [2.45, 2.75) is 38.9 Å². The van der Waals surface area contributed by atoms with Crippen LogP contribution in [0.3, 0.4) is 0 Å².